The molecular formula is C19H16F2N2O3. The van der Waals surface area contributed by atoms with Gasteiger partial charge in [-0.3, -0.25) is 0 Å². The topological polar surface area (TPSA) is 56.9 Å². The Kier molecular flexibility index (Phi) is 5.58. The van der Waals surface area contributed by atoms with Crippen molar-refractivity contribution in [3.05, 3.63) is 71.6 Å². The van der Waals surface area contributed by atoms with E-state index in [1.54, 1.807) is 25.1 Å². The number of ether oxygens (including phenoxy) is 1. The normalized spacial score (nSPS) is 11.2. The fraction of sp³-hybridized carbons (Fsp3) is 0.158. The van der Waals surface area contributed by atoms with Gasteiger partial charge in [-0.1, -0.05) is 35.5 Å². The molecule has 5 nitrogen and oxygen atoms in total. The van der Waals surface area contributed by atoms with Crippen LogP contribution in [-0.4, -0.2) is 17.8 Å². The molecular weight excluding hydrogens is 342 g/mol. The van der Waals surface area contributed by atoms with Gasteiger partial charge in [0.25, 0.3) is 0 Å². The van der Waals surface area contributed by atoms with Crippen molar-refractivity contribution < 1.29 is 22.8 Å². The standard InChI is InChI=1S/C19H16F2N2O3/c1-13-16(23-18(25-13)14-7-3-2-4-8-14)12-24-22-11-15-9-5-6-10-17(15)26-19(20)21/h2-11,19H,12H2,1H3/b22-11+. The van der Waals surface area contributed by atoms with E-state index < -0.39 is 6.61 Å². The Labute approximate surface area is 148 Å². The predicted octanol–water partition coefficient (Wildman–Crippen LogP) is 4.80. The van der Waals surface area contributed by atoms with E-state index in [0.29, 0.717) is 22.9 Å². The lowest BCUT2D eigenvalue weighted by molar-refractivity contribution is -0.0499. The van der Waals surface area contributed by atoms with Gasteiger partial charge in [-0.25, -0.2) is 4.98 Å². The second kappa shape index (κ2) is 8.24. The van der Waals surface area contributed by atoms with Gasteiger partial charge in [-0.15, -0.1) is 0 Å². The number of para-hydroxylation sites is 1. The van der Waals surface area contributed by atoms with Gasteiger partial charge in [0.05, 0.1) is 6.21 Å². The van der Waals surface area contributed by atoms with E-state index in [-0.39, 0.29) is 12.4 Å². The monoisotopic (exact) mass is 358 g/mol. The summed E-state index contributed by atoms with van der Waals surface area (Å²) in [7, 11) is 0. The third-order valence-electron chi connectivity index (χ3n) is 3.52. The number of aryl methyl sites for hydroxylation is 1. The number of oxazole rings is 1. The van der Waals surface area contributed by atoms with Gasteiger partial charge in [-0.2, -0.15) is 8.78 Å². The van der Waals surface area contributed by atoms with E-state index in [0.717, 1.165) is 5.56 Å². The molecule has 2 aromatic carbocycles. The highest BCUT2D eigenvalue weighted by molar-refractivity contribution is 5.83. The van der Waals surface area contributed by atoms with Gasteiger partial charge in [0.1, 0.15) is 17.2 Å². The molecule has 3 rings (SSSR count). The number of oxime groups is 1. The van der Waals surface area contributed by atoms with Gasteiger partial charge in [0, 0.05) is 11.1 Å². The van der Waals surface area contributed by atoms with Crippen LogP contribution in [0.25, 0.3) is 11.5 Å². The predicted molar refractivity (Wildman–Crippen MR) is 92.1 cm³/mol. The molecule has 0 aliphatic rings. The van der Waals surface area contributed by atoms with Gasteiger partial charge in [0.2, 0.25) is 5.89 Å². The molecule has 3 aromatic rings. The lowest BCUT2D eigenvalue weighted by atomic mass is 10.2. The summed E-state index contributed by atoms with van der Waals surface area (Å²) in [6, 6.07) is 15.8. The molecule has 26 heavy (non-hydrogen) atoms. The number of alkyl halides is 2. The lowest BCUT2D eigenvalue weighted by Gasteiger charge is -2.06. The van der Waals surface area contributed by atoms with E-state index >= 15 is 0 Å². The number of hydrogen-bond acceptors (Lipinski definition) is 5. The number of benzene rings is 2. The maximum absolute atomic E-state index is 12.4. The van der Waals surface area contributed by atoms with Crippen molar-refractivity contribution in [2.45, 2.75) is 20.1 Å². The van der Waals surface area contributed by atoms with E-state index in [4.69, 9.17) is 9.25 Å². The summed E-state index contributed by atoms with van der Waals surface area (Å²) < 4.78 is 34.8. The zero-order valence-electron chi connectivity index (χ0n) is 13.9. The van der Waals surface area contributed by atoms with E-state index in [1.165, 1.54) is 12.3 Å². The SMILES string of the molecule is Cc1oc(-c2ccccc2)nc1CO/N=C/c1ccccc1OC(F)F. The Morgan fingerprint density at radius 3 is 2.62 bits per heavy atom. The summed E-state index contributed by atoms with van der Waals surface area (Å²) in [5, 5.41) is 3.80. The lowest BCUT2D eigenvalue weighted by Crippen LogP contribution is -2.04. The summed E-state index contributed by atoms with van der Waals surface area (Å²) in [4.78, 5) is 9.61. The summed E-state index contributed by atoms with van der Waals surface area (Å²) in [5.74, 6) is 1.15. The molecule has 134 valence electrons. The fourth-order valence-corrected chi connectivity index (χ4v) is 2.25. The van der Waals surface area contributed by atoms with Crippen LogP contribution in [-0.2, 0) is 11.4 Å². The van der Waals surface area contributed by atoms with Crippen molar-refractivity contribution in [1.82, 2.24) is 4.98 Å². The minimum Gasteiger partial charge on any atom is -0.441 e. The molecule has 0 bridgehead atoms. The van der Waals surface area contributed by atoms with Crippen LogP contribution in [0.5, 0.6) is 5.75 Å². The average molecular weight is 358 g/mol. The highest BCUT2D eigenvalue weighted by atomic mass is 19.3. The van der Waals surface area contributed by atoms with Crippen molar-refractivity contribution in [1.29, 1.82) is 0 Å². The van der Waals surface area contributed by atoms with Crippen LogP contribution in [0.2, 0.25) is 0 Å². The molecule has 0 spiro atoms. The van der Waals surface area contributed by atoms with Crippen LogP contribution in [0, 0.1) is 6.92 Å². The van der Waals surface area contributed by atoms with Crippen molar-refractivity contribution >= 4 is 6.21 Å². The number of halogens is 2. The Balaban J connectivity index is 1.64. The van der Waals surface area contributed by atoms with Crippen LogP contribution >= 0.6 is 0 Å². The summed E-state index contributed by atoms with van der Waals surface area (Å²) in [6.07, 6.45) is 1.31. The molecule has 1 heterocycles. The van der Waals surface area contributed by atoms with E-state index in [2.05, 4.69) is 14.9 Å². The first kappa shape index (κ1) is 17.6. The quantitative estimate of drug-likeness (QED) is 0.450. The molecule has 0 saturated heterocycles. The first-order valence-electron chi connectivity index (χ1n) is 7.84. The molecule has 0 unspecified atom stereocenters. The molecule has 0 atom stereocenters. The summed E-state index contributed by atoms with van der Waals surface area (Å²) in [5.41, 5.74) is 1.86. The Morgan fingerprint density at radius 2 is 1.85 bits per heavy atom. The summed E-state index contributed by atoms with van der Waals surface area (Å²) >= 11 is 0. The van der Waals surface area contributed by atoms with Crippen LogP contribution < -0.4 is 4.74 Å². The Hall–Kier alpha value is -3.22. The van der Waals surface area contributed by atoms with Crippen LogP contribution in [0.1, 0.15) is 17.0 Å². The molecule has 0 fully saturated rings. The molecule has 0 aliphatic carbocycles. The number of hydrogen-bond donors (Lipinski definition) is 0. The molecule has 1 aromatic heterocycles. The maximum Gasteiger partial charge on any atom is 0.387 e. The van der Waals surface area contributed by atoms with Crippen LogP contribution in [0.15, 0.2) is 64.2 Å². The largest absolute Gasteiger partial charge is 0.441 e. The first-order valence-corrected chi connectivity index (χ1v) is 7.84. The van der Waals surface area contributed by atoms with Gasteiger partial charge in [0.15, 0.2) is 6.61 Å². The fourth-order valence-electron chi connectivity index (χ4n) is 2.25. The zero-order valence-corrected chi connectivity index (χ0v) is 13.9. The van der Waals surface area contributed by atoms with Gasteiger partial charge < -0.3 is 14.0 Å². The minimum absolute atomic E-state index is 0.0267. The second-order valence-electron chi connectivity index (χ2n) is 5.31. The highest BCUT2D eigenvalue weighted by Crippen LogP contribution is 2.22. The van der Waals surface area contributed by atoms with Gasteiger partial charge >= 0.3 is 6.61 Å². The third kappa shape index (κ3) is 4.44. The van der Waals surface area contributed by atoms with E-state index in [1.807, 2.05) is 30.3 Å². The van der Waals surface area contributed by atoms with E-state index in [9.17, 15) is 8.78 Å². The first-order chi connectivity index (χ1) is 12.6. The molecule has 0 saturated carbocycles. The average Bonchev–Trinajstić information content (AvgIpc) is 3.01. The second-order valence-corrected chi connectivity index (χ2v) is 5.31. The minimum atomic E-state index is -2.90. The highest BCUT2D eigenvalue weighted by Gasteiger charge is 2.11. The Bertz CT molecular complexity index is 880. The maximum atomic E-state index is 12.4. The molecule has 7 heteroatoms. The van der Waals surface area contributed by atoms with Crippen molar-refractivity contribution in [2.75, 3.05) is 0 Å². The summed E-state index contributed by atoms with van der Waals surface area (Å²) in [6.45, 7) is -1.02. The smallest absolute Gasteiger partial charge is 0.387 e. The third-order valence-corrected chi connectivity index (χ3v) is 3.52. The number of rotatable bonds is 7. The van der Waals surface area contributed by atoms with Crippen molar-refractivity contribution in [3.63, 3.8) is 0 Å². The number of aromatic nitrogens is 1. The van der Waals surface area contributed by atoms with Crippen molar-refractivity contribution in [2.24, 2.45) is 5.16 Å². The zero-order chi connectivity index (χ0) is 18.4. The number of nitrogens with zero attached hydrogens (tertiary/aromatic N) is 2. The van der Waals surface area contributed by atoms with Crippen LogP contribution in [0.3, 0.4) is 0 Å². The molecule has 0 aliphatic heterocycles. The molecule has 0 N–H and O–H groups in total. The molecule has 0 amide bonds. The van der Waals surface area contributed by atoms with Crippen LogP contribution in [0.4, 0.5) is 8.78 Å². The Morgan fingerprint density at radius 1 is 1.12 bits per heavy atom. The molecule has 0 radical (unpaired) electrons. The van der Waals surface area contributed by atoms with Crippen molar-refractivity contribution in [3.8, 4) is 17.2 Å². The van der Waals surface area contributed by atoms with Gasteiger partial charge in [-0.05, 0) is 31.2 Å².